The zero-order chi connectivity index (χ0) is 34.8. The van der Waals surface area contributed by atoms with Crippen LogP contribution in [0.1, 0.15) is 34.4 Å². The molecule has 49 heavy (non-hydrogen) atoms. The molecule has 7 nitrogen and oxygen atoms in total. The second-order valence-electron chi connectivity index (χ2n) is 11.6. The second kappa shape index (κ2) is 11.5. The van der Waals surface area contributed by atoms with E-state index in [1.54, 1.807) is 39.8 Å². The first kappa shape index (κ1) is 31.9. The fourth-order valence-electron chi connectivity index (χ4n) is 6.06. The molecule has 3 aromatic heterocycles. The summed E-state index contributed by atoms with van der Waals surface area (Å²) in [7, 11) is 0. The molecule has 0 spiro atoms. The Kier molecular flexibility index (Phi) is 7.45. The van der Waals surface area contributed by atoms with Gasteiger partial charge in [0.05, 0.1) is 27.8 Å². The lowest BCUT2D eigenvalue weighted by Crippen LogP contribution is -2.11. The van der Waals surface area contributed by atoms with E-state index >= 15 is 0 Å². The number of hydrogen-bond donors (Lipinski definition) is 0. The maximum atomic E-state index is 13.7. The minimum Gasteiger partial charge on any atom is -0.309 e. The van der Waals surface area contributed by atoms with Crippen molar-refractivity contribution in [3.63, 3.8) is 0 Å². The lowest BCUT2D eigenvalue weighted by atomic mass is 9.97. The average Bonchev–Trinajstić information content (AvgIpc) is 3.36. The molecule has 3 heterocycles. The highest BCUT2D eigenvalue weighted by Gasteiger charge is 2.37. The van der Waals surface area contributed by atoms with E-state index in [9.17, 15) is 26.3 Å². The molecule has 0 saturated carbocycles. The molecule has 13 heteroatoms. The molecule has 4 aromatic carbocycles. The number of halogens is 6. The highest BCUT2D eigenvalue weighted by Crippen LogP contribution is 2.41. The summed E-state index contributed by atoms with van der Waals surface area (Å²) >= 11 is 0. The first-order valence-corrected chi connectivity index (χ1v) is 15.0. The van der Waals surface area contributed by atoms with Crippen LogP contribution in [0.2, 0.25) is 0 Å². The van der Waals surface area contributed by atoms with Crippen LogP contribution in [0.4, 0.5) is 26.3 Å². The fourth-order valence-corrected chi connectivity index (χ4v) is 6.06. The van der Waals surface area contributed by atoms with Crippen molar-refractivity contribution in [3.05, 3.63) is 113 Å². The van der Waals surface area contributed by atoms with Gasteiger partial charge in [0, 0.05) is 21.9 Å². The first-order chi connectivity index (χ1) is 23.2. The van der Waals surface area contributed by atoms with Gasteiger partial charge in [-0.05, 0) is 93.4 Å². The molecule has 0 amide bonds. The molecule has 0 aliphatic rings. The molecule has 0 unspecified atom stereocenters. The number of benzene rings is 4. The maximum absolute atomic E-state index is 13.7. The van der Waals surface area contributed by atoms with Crippen molar-refractivity contribution in [1.29, 1.82) is 0 Å². The van der Waals surface area contributed by atoms with Gasteiger partial charge in [0.25, 0.3) is 0 Å². The van der Waals surface area contributed by atoms with E-state index in [2.05, 4.69) is 29.9 Å². The Morgan fingerprint density at radius 3 is 1.59 bits per heavy atom. The van der Waals surface area contributed by atoms with Crippen LogP contribution in [-0.4, -0.2) is 34.5 Å². The Bertz CT molecular complexity index is 2360. The summed E-state index contributed by atoms with van der Waals surface area (Å²) in [6.07, 6.45) is -9.94. The quantitative estimate of drug-likeness (QED) is 0.174. The predicted molar refractivity (Wildman–Crippen MR) is 173 cm³/mol. The molecule has 0 atom stereocenters. The second-order valence-corrected chi connectivity index (χ2v) is 11.6. The molecule has 0 aliphatic carbocycles. The summed E-state index contributed by atoms with van der Waals surface area (Å²) in [4.78, 5) is 26.9. The van der Waals surface area contributed by atoms with Gasteiger partial charge in [-0.3, -0.25) is 0 Å². The van der Waals surface area contributed by atoms with E-state index in [4.69, 9.17) is 0 Å². The van der Waals surface area contributed by atoms with Gasteiger partial charge < -0.3 is 4.57 Å². The van der Waals surface area contributed by atoms with Crippen molar-refractivity contribution >= 4 is 21.8 Å². The van der Waals surface area contributed by atoms with E-state index in [1.165, 1.54) is 6.07 Å². The van der Waals surface area contributed by atoms with Gasteiger partial charge in [0.15, 0.2) is 11.6 Å². The van der Waals surface area contributed by atoms with Gasteiger partial charge in [0.2, 0.25) is 0 Å². The summed E-state index contributed by atoms with van der Waals surface area (Å²) in [5, 5.41) is 1.37. The van der Waals surface area contributed by atoms with Crippen molar-refractivity contribution in [2.45, 2.75) is 40.0 Å². The number of alkyl halides is 6. The van der Waals surface area contributed by atoms with Crippen LogP contribution in [0.3, 0.4) is 0 Å². The monoisotopic (exact) mass is 669 g/mol. The van der Waals surface area contributed by atoms with Crippen LogP contribution in [-0.2, 0) is 12.4 Å². The number of para-hydroxylation sites is 1. The summed E-state index contributed by atoms with van der Waals surface area (Å²) in [5.41, 5.74) is 0.643. The van der Waals surface area contributed by atoms with E-state index in [1.807, 2.05) is 47.0 Å². The number of rotatable bonds is 4. The maximum Gasteiger partial charge on any atom is 0.416 e. The highest BCUT2D eigenvalue weighted by molar-refractivity contribution is 6.11. The Balaban J connectivity index is 1.49. The summed E-state index contributed by atoms with van der Waals surface area (Å²) < 4.78 is 84.2. The summed E-state index contributed by atoms with van der Waals surface area (Å²) in [5.74, 6) is 3.00. The van der Waals surface area contributed by atoms with Gasteiger partial charge in [-0.2, -0.15) is 26.3 Å². The van der Waals surface area contributed by atoms with E-state index in [0.717, 1.165) is 23.0 Å². The first-order valence-electron chi connectivity index (χ1n) is 15.0. The normalized spacial score (nSPS) is 12.3. The van der Waals surface area contributed by atoms with Crippen LogP contribution in [0.15, 0.2) is 78.9 Å². The Morgan fingerprint density at radius 2 is 1.00 bits per heavy atom. The van der Waals surface area contributed by atoms with Gasteiger partial charge in [-0.25, -0.2) is 29.9 Å². The summed E-state index contributed by atoms with van der Waals surface area (Å²) in [6, 6.07) is 19.5. The number of aryl methyl sites for hydroxylation is 4. The molecule has 0 N–H and O–H groups in total. The standard InChI is InChI=1S/C36H25F6N7/c1-18-43-19(2)46-33(45-18)23-10-12-32(29(16-23)34-47-20(3)44-21(4)48-34)49-30-8-6-5-7-27(30)28-15-22(9-11-31(28)49)24-13-25(35(37,38)39)17-26(14-24)36(40,41)42/h5-17H,1-4H3. The zero-order valence-corrected chi connectivity index (χ0v) is 26.4. The molecular formula is C36H25F6N7. The van der Waals surface area contributed by atoms with Gasteiger partial charge in [-0.1, -0.05) is 24.3 Å². The minimum absolute atomic E-state index is 0.128. The Labute approximate surface area is 275 Å². The Hall–Kier alpha value is -5.72. The zero-order valence-electron chi connectivity index (χ0n) is 26.4. The SMILES string of the molecule is Cc1nc(C)nc(-c2ccc(-n3c4ccccc4c4cc(-c5cc(C(F)(F)F)cc(C(F)(F)F)c5)ccc43)c(-c3nc(C)nc(C)n3)c2)n1. The fraction of sp³-hybridized carbons (Fsp3) is 0.167. The number of hydrogen-bond acceptors (Lipinski definition) is 6. The van der Waals surface area contributed by atoms with Crippen LogP contribution < -0.4 is 0 Å². The van der Waals surface area contributed by atoms with Crippen LogP contribution in [0.5, 0.6) is 0 Å². The molecule has 0 fully saturated rings. The predicted octanol–water partition coefficient (Wildman–Crippen LogP) is 9.43. The molecule has 246 valence electrons. The van der Waals surface area contributed by atoms with Gasteiger partial charge in [0.1, 0.15) is 23.3 Å². The average molecular weight is 670 g/mol. The van der Waals surface area contributed by atoms with Crippen molar-refractivity contribution < 1.29 is 26.3 Å². The molecule has 0 saturated heterocycles. The third kappa shape index (κ3) is 5.96. The third-order valence-corrected chi connectivity index (χ3v) is 8.05. The number of aromatic nitrogens is 7. The third-order valence-electron chi connectivity index (χ3n) is 8.05. The largest absolute Gasteiger partial charge is 0.416 e. The summed E-state index contributed by atoms with van der Waals surface area (Å²) in [6.45, 7) is 7.09. The van der Waals surface area contributed by atoms with Crippen molar-refractivity contribution in [2.75, 3.05) is 0 Å². The highest BCUT2D eigenvalue weighted by atomic mass is 19.4. The molecule has 0 aliphatic heterocycles. The van der Waals surface area contributed by atoms with E-state index in [-0.39, 0.29) is 17.2 Å². The lowest BCUT2D eigenvalue weighted by Gasteiger charge is -2.16. The van der Waals surface area contributed by atoms with E-state index < -0.39 is 23.5 Å². The Morgan fingerprint density at radius 1 is 0.469 bits per heavy atom. The molecule has 7 aromatic rings. The van der Waals surface area contributed by atoms with Crippen LogP contribution >= 0.6 is 0 Å². The molecular weight excluding hydrogens is 644 g/mol. The molecule has 0 bridgehead atoms. The van der Waals surface area contributed by atoms with Crippen molar-refractivity contribution in [1.82, 2.24) is 34.5 Å². The van der Waals surface area contributed by atoms with E-state index in [0.29, 0.717) is 62.7 Å². The molecule has 0 radical (unpaired) electrons. The van der Waals surface area contributed by atoms with Crippen molar-refractivity contribution in [3.8, 4) is 39.6 Å². The molecule has 7 rings (SSSR count). The van der Waals surface area contributed by atoms with Gasteiger partial charge >= 0.3 is 12.4 Å². The van der Waals surface area contributed by atoms with Crippen LogP contribution in [0, 0.1) is 27.7 Å². The number of nitrogens with zero attached hydrogens (tertiary/aromatic N) is 7. The smallest absolute Gasteiger partial charge is 0.309 e. The topological polar surface area (TPSA) is 82.3 Å². The van der Waals surface area contributed by atoms with Crippen molar-refractivity contribution in [2.24, 2.45) is 0 Å². The van der Waals surface area contributed by atoms with Gasteiger partial charge in [-0.15, -0.1) is 0 Å². The lowest BCUT2D eigenvalue weighted by molar-refractivity contribution is -0.143. The number of fused-ring (bicyclic) bond motifs is 3. The van der Waals surface area contributed by atoms with Crippen LogP contribution in [0.25, 0.3) is 61.4 Å². The minimum atomic E-state index is -4.97.